The zero-order chi connectivity index (χ0) is 65.1. The lowest BCUT2D eigenvalue weighted by molar-refractivity contribution is -0.387. The molecule has 0 saturated heterocycles. The van der Waals surface area contributed by atoms with Crippen LogP contribution >= 0.6 is 15.9 Å². The second-order valence-corrected chi connectivity index (χ2v) is 17.9. The number of pyridine rings is 5. The van der Waals surface area contributed by atoms with E-state index < -0.39 is 26.3 Å². The molecule has 0 spiro atoms. The number of hydrogen-bond acceptors (Lipinski definition) is 20. The average Bonchev–Trinajstić information content (AvgIpc) is 1.46. The molecule has 0 atom stereocenters. The Morgan fingerprint density at radius 1 is 0.556 bits per heavy atom. The number of hydrogen-bond donors (Lipinski definition) is 3. The van der Waals surface area contributed by atoms with Gasteiger partial charge >= 0.3 is 17.1 Å². The van der Waals surface area contributed by atoms with Crippen molar-refractivity contribution in [2.45, 2.75) is 41.5 Å². The molecule has 0 bridgehead atoms. The van der Waals surface area contributed by atoms with E-state index in [0.717, 1.165) is 52.8 Å². The highest BCUT2D eigenvalue weighted by Crippen LogP contribution is 2.34. The molecule has 5 heterocycles. The molecule has 0 saturated carbocycles. The third-order valence-corrected chi connectivity index (χ3v) is 11.0. The first kappa shape index (κ1) is 72.1. The lowest BCUT2D eigenvalue weighted by Crippen LogP contribution is -2.09. The molecule has 0 unspecified atom stereocenters. The van der Waals surface area contributed by atoms with E-state index in [1.807, 2.05) is 81.4 Å². The minimum Gasteiger partial charge on any atom is -0.457 e. The van der Waals surface area contributed by atoms with E-state index in [-0.39, 0.29) is 35.7 Å². The zero-order valence-electron chi connectivity index (χ0n) is 48.3. The molecule has 0 aliphatic carbocycles. The number of H-pyrrole nitrogens is 1. The predicted octanol–water partition coefficient (Wildman–Crippen LogP) is 15.5. The topological polar surface area (TPSA) is 354 Å². The van der Waals surface area contributed by atoms with E-state index in [1.54, 1.807) is 85.2 Å². The predicted molar refractivity (Wildman–Crippen MR) is 344 cm³/mol. The van der Waals surface area contributed by atoms with Gasteiger partial charge in [-0.05, 0) is 93.4 Å². The Kier molecular flexibility index (Phi) is 31.0. The molecule has 5 N–H and O–H groups in total. The van der Waals surface area contributed by atoms with Gasteiger partial charge in [-0.2, -0.15) is 14.9 Å². The molecule has 90 heavy (non-hydrogen) atoms. The van der Waals surface area contributed by atoms with Crippen molar-refractivity contribution >= 4 is 50.3 Å². The van der Waals surface area contributed by atoms with Crippen LogP contribution in [0, 0.1) is 78.6 Å². The minimum absolute atomic E-state index is 0. The van der Waals surface area contributed by atoms with Gasteiger partial charge in [0.25, 0.3) is 0 Å². The van der Waals surface area contributed by atoms with Crippen molar-refractivity contribution in [2.24, 2.45) is 0 Å². The fraction of sp³-hybridized carbons (Fsp3) is 0.109. The van der Waals surface area contributed by atoms with Gasteiger partial charge in [-0.25, -0.2) is 4.98 Å². The van der Waals surface area contributed by atoms with Gasteiger partial charge in [0.05, 0.1) is 20.5 Å². The van der Waals surface area contributed by atoms with Gasteiger partial charge in [0.15, 0.2) is 17.4 Å². The standard InChI is InChI=1S/C14H13N3O.C14H15NO.C12H10N2O3.C11H9N3O3.C6H4FNO2.C5H6N2O.CBrN.CH4/c1-11-9-12(7-8-16-11)18-14-6-4-3-5-13(14)17(2)10-15;1-3-12-6-4-5-7-14(12)16-13-8-9-15-11(2)10-13;1-9-8-10(6-7-13-9)17-12-5-3-2-4-11(12)14(15)16;12-11-7-8(5-6-13-11)17-10-4-2-1-3-9(10)14(15)16;7-5-3-1-2-4-6(5)8(9)10;6-5-3-4(8)1-2-7-5;2-1-3;/h3-9H,1-2H3;4-10H,3H2,1-2H3;2-8H,1H3;1-7H,(H2,12,13);1-4H;1-3H,(H3,6,7,8);;1H4. The summed E-state index contributed by atoms with van der Waals surface area (Å²) >= 11 is 2.45. The van der Waals surface area contributed by atoms with Crippen LogP contribution in [0.4, 0.5) is 38.8 Å². The Morgan fingerprint density at radius 3 is 1.32 bits per heavy atom. The maximum absolute atomic E-state index is 12.4. The summed E-state index contributed by atoms with van der Waals surface area (Å²) in [5.41, 5.74) is 14.6. The Hall–Kier alpha value is -12.2. The number of nitrogens with one attached hydrogen (secondary N) is 1. The van der Waals surface area contributed by atoms with Crippen LogP contribution in [0.25, 0.3) is 0 Å². The third-order valence-electron chi connectivity index (χ3n) is 11.0. The summed E-state index contributed by atoms with van der Waals surface area (Å²) in [5, 5.41) is 47.7. The lowest BCUT2D eigenvalue weighted by atomic mass is 10.1. The Balaban J connectivity index is 0.000000283. The summed E-state index contributed by atoms with van der Waals surface area (Å²) in [6.07, 6.45) is 11.1. The van der Waals surface area contributed by atoms with Crippen molar-refractivity contribution in [1.29, 1.82) is 10.5 Å². The first-order chi connectivity index (χ1) is 42.7. The highest BCUT2D eigenvalue weighted by molar-refractivity contribution is 9.12. The summed E-state index contributed by atoms with van der Waals surface area (Å²) < 4.78 is 34.9. The van der Waals surface area contributed by atoms with E-state index in [4.69, 9.17) is 40.9 Å². The summed E-state index contributed by atoms with van der Waals surface area (Å²) in [7, 11) is 1.69. The second-order valence-electron chi connectivity index (χ2n) is 17.5. The highest BCUT2D eigenvalue weighted by Gasteiger charge is 2.16. The largest absolute Gasteiger partial charge is 0.457 e. The molecule has 0 amide bonds. The van der Waals surface area contributed by atoms with Crippen molar-refractivity contribution in [3.63, 3.8) is 0 Å². The molecule has 0 aliphatic rings. The number of para-hydroxylation sites is 8. The van der Waals surface area contributed by atoms with Crippen LogP contribution < -0.4 is 40.7 Å². The number of nitrogen functional groups attached to an aromatic ring is 2. The monoisotopic (exact) mass is 1290 g/mol. The first-order valence-corrected chi connectivity index (χ1v) is 26.9. The van der Waals surface area contributed by atoms with E-state index >= 15 is 0 Å². The molecule has 24 nitrogen and oxygen atoms in total. The highest BCUT2D eigenvalue weighted by atomic mass is 79.9. The fourth-order valence-corrected chi connectivity index (χ4v) is 6.97. The quantitative estimate of drug-likeness (QED) is 0.0418. The molecule has 5 aromatic carbocycles. The number of nitriles is 2. The number of rotatable bonds is 13. The number of aromatic nitrogens is 5. The molecule has 10 aromatic rings. The number of nitrogens with zero attached hydrogens (tertiary/aromatic N) is 10. The zero-order valence-corrected chi connectivity index (χ0v) is 49.9. The van der Waals surface area contributed by atoms with Gasteiger partial charge in [-0.3, -0.25) is 55.0 Å². The molecule has 26 heteroatoms. The molecule has 0 radical (unpaired) electrons. The van der Waals surface area contributed by atoms with Gasteiger partial charge in [-0.1, -0.05) is 81.1 Å². The van der Waals surface area contributed by atoms with Crippen LogP contribution in [-0.4, -0.2) is 46.7 Å². The van der Waals surface area contributed by atoms with Gasteiger partial charge in [-0.15, -0.1) is 0 Å². The number of nitro benzene ring substituents is 3. The normalized spacial score (nSPS) is 9.39. The van der Waals surface area contributed by atoms with E-state index in [9.17, 15) is 39.5 Å². The van der Waals surface area contributed by atoms with Crippen LogP contribution in [0.5, 0.6) is 46.0 Å². The molecular weight excluding hydrogens is 1230 g/mol. The number of halogens is 2. The number of nitro groups is 3. The van der Waals surface area contributed by atoms with Crippen molar-refractivity contribution in [3.05, 3.63) is 282 Å². The van der Waals surface area contributed by atoms with E-state index in [0.29, 0.717) is 34.6 Å². The number of anilines is 3. The first-order valence-electron chi connectivity index (χ1n) is 26.1. The molecule has 10 rings (SSSR count). The average molecular weight is 1290 g/mol. The van der Waals surface area contributed by atoms with E-state index in [1.165, 1.54) is 71.4 Å². The Labute approximate surface area is 525 Å². The Morgan fingerprint density at radius 2 is 0.933 bits per heavy atom. The maximum Gasteiger partial charge on any atom is 0.311 e. The summed E-state index contributed by atoms with van der Waals surface area (Å²) in [6.45, 7) is 7.81. The second kappa shape index (κ2) is 38.7. The van der Waals surface area contributed by atoms with Gasteiger partial charge < -0.3 is 35.4 Å². The number of aromatic amines is 1. The number of aryl methyl sites for hydroxylation is 4. The molecule has 5 aromatic heterocycles. The van der Waals surface area contributed by atoms with Crippen molar-refractivity contribution in [2.75, 3.05) is 23.4 Å². The SMILES string of the molecule is C.CCc1ccccc1Oc1ccnc(C)c1.Cc1cc(Oc2ccccc2N(C)C#N)ccn1.Cc1cc(Oc2ccccc2[N+](=O)[O-])ccn1.N#CBr.Nc1cc(=O)cc[nH]1.Nc1cc(Oc2ccccc2[N+](=O)[O-])ccn1.O=[N+]([O-])c1ccccc1F. The summed E-state index contributed by atoms with van der Waals surface area (Å²) in [6, 6.07) is 49.5. The van der Waals surface area contributed by atoms with Crippen LogP contribution in [0.2, 0.25) is 0 Å². The summed E-state index contributed by atoms with van der Waals surface area (Å²) in [5.74, 6) is 4.35. The molecular formula is C64H61BrFN13O11. The smallest absolute Gasteiger partial charge is 0.311 e. The van der Waals surface area contributed by atoms with Crippen LogP contribution in [0.15, 0.2) is 218 Å². The van der Waals surface area contributed by atoms with Gasteiger partial charge in [0.1, 0.15) is 45.4 Å². The maximum atomic E-state index is 12.4. The minimum atomic E-state index is -0.799. The van der Waals surface area contributed by atoms with Crippen molar-refractivity contribution in [1.82, 2.24) is 24.9 Å². The number of ether oxygens (including phenoxy) is 4. The van der Waals surface area contributed by atoms with Crippen LogP contribution in [-0.2, 0) is 6.42 Å². The summed E-state index contributed by atoms with van der Waals surface area (Å²) in [4.78, 5) is 62.0. The number of nitrogens with two attached hydrogens (primary N) is 2. The molecule has 0 aliphatic heterocycles. The van der Waals surface area contributed by atoms with Gasteiger partial charge in [0, 0.05) is 126 Å². The van der Waals surface area contributed by atoms with Crippen molar-refractivity contribution in [3.8, 4) is 57.2 Å². The van der Waals surface area contributed by atoms with Crippen LogP contribution in [0.1, 0.15) is 37.0 Å². The van der Waals surface area contributed by atoms with E-state index in [2.05, 4.69) is 60.0 Å². The van der Waals surface area contributed by atoms with Gasteiger partial charge in [0.2, 0.25) is 17.3 Å². The Bertz CT molecular complexity index is 3980. The fourth-order valence-electron chi connectivity index (χ4n) is 6.97. The third kappa shape index (κ3) is 25.6. The molecule has 0 fully saturated rings. The lowest BCUT2D eigenvalue weighted by Gasteiger charge is -2.14. The van der Waals surface area contributed by atoms with Crippen LogP contribution in [0.3, 0.4) is 0 Å². The van der Waals surface area contributed by atoms with Crippen molar-refractivity contribution < 1.29 is 38.1 Å². The number of benzene rings is 5. The molecule has 462 valence electrons.